The molecule has 19 heavy (non-hydrogen) atoms. The number of halogens is 1. The van der Waals surface area contributed by atoms with Crippen LogP contribution in [0, 0.1) is 0 Å². The smallest absolute Gasteiger partial charge is 0.126 e. The van der Waals surface area contributed by atoms with Gasteiger partial charge in [0.1, 0.15) is 5.82 Å². The minimum absolute atomic E-state index is 0.0226. The third kappa shape index (κ3) is 3.79. The van der Waals surface area contributed by atoms with E-state index >= 15 is 0 Å². The number of nitrogens with one attached hydrogen (secondary N) is 1. The molecule has 1 unspecified atom stereocenters. The first-order valence-corrected chi connectivity index (χ1v) is 6.94. The third-order valence-corrected chi connectivity index (χ3v) is 3.53. The number of rotatable bonds is 5. The topological polar surface area (TPSA) is 57.6 Å². The maximum atomic E-state index is 9.36. The molecule has 1 atom stereocenters. The minimum atomic E-state index is 0.0226. The van der Waals surface area contributed by atoms with Gasteiger partial charge in [-0.15, -0.1) is 0 Å². The van der Waals surface area contributed by atoms with Crippen LogP contribution in [0.1, 0.15) is 12.6 Å². The predicted molar refractivity (Wildman–Crippen MR) is 75.5 cm³/mol. The molecule has 0 amide bonds. The Kier molecular flexibility index (Phi) is 5.39. The standard InChI is InChI=1S/C13H20ClN3O2/c1-2-15-13-4-3-11(14)12(16-13)7-17-5-6-19-9-10(17)8-18/h3-4,10,18H,2,5-9H2,1H3,(H,15,16). The average Bonchev–Trinajstić information content (AvgIpc) is 2.43. The van der Waals surface area contributed by atoms with E-state index in [9.17, 15) is 5.11 Å². The van der Waals surface area contributed by atoms with Crippen LogP contribution in [0.3, 0.4) is 0 Å². The maximum absolute atomic E-state index is 9.36. The lowest BCUT2D eigenvalue weighted by atomic mass is 10.2. The number of hydrogen-bond donors (Lipinski definition) is 2. The Hall–Kier alpha value is -0.880. The van der Waals surface area contributed by atoms with E-state index in [2.05, 4.69) is 15.2 Å². The fraction of sp³-hybridized carbons (Fsp3) is 0.615. The van der Waals surface area contributed by atoms with E-state index < -0.39 is 0 Å². The summed E-state index contributed by atoms with van der Waals surface area (Å²) in [5, 5.41) is 13.2. The van der Waals surface area contributed by atoms with Crippen molar-refractivity contribution in [2.24, 2.45) is 0 Å². The summed E-state index contributed by atoms with van der Waals surface area (Å²) in [4.78, 5) is 6.68. The molecule has 1 aliphatic rings. The van der Waals surface area contributed by atoms with Crippen molar-refractivity contribution in [3.05, 3.63) is 22.8 Å². The fourth-order valence-corrected chi connectivity index (χ4v) is 2.30. The lowest BCUT2D eigenvalue weighted by molar-refractivity contribution is -0.0317. The quantitative estimate of drug-likeness (QED) is 0.855. The molecular weight excluding hydrogens is 266 g/mol. The molecule has 6 heteroatoms. The van der Waals surface area contributed by atoms with E-state index in [0.29, 0.717) is 24.8 Å². The number of morpholine rings is 1. The SMILES string of the molecule is CCNc1ccc(Cl)c(CN2CCOCC2CO)n1. The molecule has 0 radical (unpaired) electrons. The number of nitrogens with zero attached hydrogens (tertiary/aromatic N) is 2. The number of pyridine rings is 1. The van der Waals surface area contributed by atoms with Crippen molar-refractivity contribution < 1.29 is 9.84 Å². The minimum Gasteiger partial charge on any atom is -0.395 e. The summed E-state index contributed by atoms with van der Waals surface area (Å²) in [6, 6.07) is 3.75. The van der Waals surface area contributed by atoms with Crippen LogP contribution in [0.5, 0.6) is 0 Å². The molecule has 0 spiro atoms. The van der Waals surface area contributed by atoms with Crippen LogP contribution >= 0.6 is 11.6 Å². The van der Waals surface area contributed by atoms with Crippen molar-refractivity contribution in [2.45, 2.75) is 19.5 Å². The second kappa shape index (κ2) is 7.05. The Morgan fingerprint density at radius 2 is 2.42 bits per heavy atom. The Balaban J connectivity index is 2.10. The monoisotopic (exact) mass is 285 g/mol. The van der Waals surface area contributed by atoms with Crippen LogP contribution in [0.15, 0.2) is 12.1 Å². The Labute approximate surface area is 118 Å². The Bertz CT molecular complexity index is 417. The summed E-state index contributed by atoms with van der Waals surface area (Å²) < 4.78 is 5.37. The van der Waals surface area contributed by atoms with Crippen LogP contribution in [0.4, 0.5) is 5.82 Å². The molecule has 1 fully saturated rings. The van der Waals surface area contributed by atoms with Gasteiger partial charge in [-0.1, -0.05) is 11.6 Å². The van der Waals surface area contributed by atoms with Crippen LogP contribution in [-0.4, -0.2) is 53.9 Å². The van der Waals surface area contributed by atoms with E-state index in [1.54, 1.807) is 0 Å². The molecule has 2 rings (SSSR count). The number of aliphatic hydroxyl groups is 1. The maximum Gasteiger partial charge on any atom is 0.126 e. The van der Waals surface area contributed by atoms with Crippen LogP contribution in [-0.2, 0) is 11.3 Å². The molecule has 1 aromatic rings. The molecule has 106 valence electrons. The van der Waals surface area contributed by atoms with Crippen molar-refractivity contribution in [3.63, 3.8) is 0 Å². The van der Waals surface area contributed by atoms with Gasteiger partial charge in [-0.2, -0.15) is 0 Å². The van der Waals surface area contributed by atoms with E-state index in [0.717, 1.165) is 24.6 Å². The van der Waals surface area contributed by atoms with Crippen LogP contribution in [0.25, 0.3) is 0 Å². The summed E-state index contributed by atoms with van der Waals surface area (Å²) >= 11 is 6.20. The number of ether oxygens (including phenoxy) is 1. The Morgan fingerprint density at radius 1 is 1.58 bits per heavy atom. The zero-order valence-corrected chi connectivity index (χ0v) is 11.9. The first kappa shape index (κ1) is 14.5. The molecule has 1 saturated heterocycles. The predicted octanol–water partition coefficient (Wildman–Crippen LogP) is 1.36. The molecule has 0 saturated carbocycles. The zero-order chi connectivity index (χ0) is 13.7. The molecule has 2 N–H and O–H groups in total. The molecule has 0 aliphatic carbocycles. The van der Waals surface area contributed by atoms with Crippen molar-refractivity contribution in [3.8, 4) is 0 Å². The molecular formula is C13H20ClN3O2. The van der Waals surface area contributed by atoms with Gasteiger partial charge in [0.2, 0.25) is 0 Å². The van der Waals surface area contributed by atoms with Crippen LogP contribution < -0.4 is 5.32 Å². The number of aliphatic hydroxyl groups excluding tert-OH is 1. The first-order chi connectivity index (χ1) is 9.24. The van der Waals surface area contributed by atoms with Gasteiger partial charge >= 0.3 is 0 Å². The number of anilines is 1. The molecule has 5 nitrogen and oxygen atoms in total. The van der Waals surface area contributed by atoms with Crippen LogP contribution in [0.2, 0.25) is 5.02 Å². The van der Waals surface area contributed by atoms with Crippen molar-refractivity contribution in [1.29, 1.82) is 0 Å². The summed E-state index contributed by atoms with van der Waals surface area (Å²) in [6.07, 6.45) is 0. The normalized spacial score (nSPS) is 20.5. The van der Waals surface area contributed by atoms with E-state index in [1.165, 1.54) is 0 Å². The van der Waals surface area contributed by atoms with Crippen molar-refractivity contribution in [1.82, 2.24) is 9.88 Å². The van der Waals surface area contributed by atoms with Gasteiger partial charge in [-0.05, 0) is 19.1 Å². The van der Waals surface area contributed by atoms with E-state index in [-0.39, 0.29) is 12.6 Å². The van der Waals surface area contributed by atoms with E-state index in [4.69, 9.17) is 16.3 Å². The summed E-state index contributed by atoms with van der Waals surface area (Å²) in [7, 11) is 0. The lowest BCUT2D eigenvalue weighted by Crippen LogP contribution is -2.47. The first-order valence-electron chi connectivity index (χ1n) is 6.56. The molecule has 0 bridgehead atoms. The second-order valence-corrected chi connectivity index (χ2v) is 4.94. The highest BCUT2D eigenvalue weighted by molar-refractivity contribution is 6.31. The number of aromatic nitrogens is 1. The summed E-state index contributed by atoms with van der Waals surface area (Å²) in [5.41, 5.74) is 0.834. The lowest BCUT2D eigenvalue weighted by Gasteiger charge is -2.34. The van der Waals surface area contributed by atoms with Gasteiger partial charge in [-0.3, -0.25) is 4.90 Å². The Morgan fingerprint density at radius 3 is 3.16 bits per heavy atom. The van der Waals surface area contributed by atoms with Gasteiger partial charge in [0.25, 0.3) is 0 Å². The van der Waals surface area contributed by atoms with Gasteiger partial charge in [-0.25, -0.2) is 4.98 Å². The highest BCUT2D eigenvalue weighted by Crippen LogP contribution is 2.20. The highest BCUT2D eigenvalue weighted by Gasteiger charge is 2.23. The molecule has 1 aliphatic heterocycles. The largest absolute Gasteiger partial charge is 0.395 e. The van der Waals surface area contributed by atoms with Gasteiger partial charge in [0, 0.05) is 19.6 Å². The highest BCUT2D eigenvalue weighted by atomic mass is 35.5. The molecule has 1 aromatic heterocycles. The van der Waals surface area contributed by atoms with Gasteiger partial charge < -0.3 is 15.2 Å². The summed E-state index contributed by atoms with van der Waals surface area (Å²) in [5.74, 6) is 0.829. The average molecular weight is 286 g/mol. The third-order valence-electron chi connectivity index (χ3n) is 3.19. The molecule has 2 heterocycles. The second-order valence-electron chi connectivity index (χ2n) is 4.54. The van der Waals surface area contributed by atoms with Gasteiger partial charge in [0.05, 0.1) is 36.6 Å². The fourth-order valence-electron chi connectivity index (χ4n) is 2.13. The van der Waals surface area contributed by atoms with E-state index in [1.807, 2.05) is 19.1 Å². The zero-order valence-electron chi connectivity index (χ0n) is 11.1. The summed E-state index contributed by atoms with van der Waals surface area (Å²) in [6.45, 7) is 5.60. The van der Waals surface area contributed by atoms with Crippen molar-refractivity contribution >= 4 is 17.4 Å². The van der Waals surface area contributed by atoms with Gasteiger partial charge in [0.15, 0.2) is 0 Å². The van der Waals surface area contributed by atoms with Crippen molar-refractivity contribution in [2.75, 3.05) is 38.2 Å². The molecule has 0 aromatic carbocycles. The number of hydrogen-bond acceptors (Lipinski definition) is 5.